The number of carbonyl (C=O) groups is 1. The molecule has 0 fully saturated rings. The molecular weight excluding hydrogens is 242 g/mol. The molecule has 1 aromatic carbocycles. The molecule has 0 radical (unpaired) electrons. The monoisotopic (exact) mass is 259 g/mol. The van der Waals surface area contributed by atoms with Crippen LogP contribution in [0.25, 0.3) is 0 Å². The number of nitrogens with one attached hydrogen (secondary N) is 1. The third-order valence-corrected chi connectivity index (χ3v) is 2.98. The minimum absolute atomic E-state index is 0.0997. The van der Waals surface area contributed by atoms with Crippen molar-refractivity contribution < 1.29 is 14.3 Å². The molecule has 0 unspecified atom stereocenters. The van der Waals surface area contributed by atoms with Gasteiger partial charge in [0.05, 0.1) is 24.5 Å². The average Bonchev–Trinajstić information content (AvgIpc) is 2.85. The van der Waals surface area contributed by atoms with Gasteiger partial charge in [0, 0.05) is 0 Å². The smallest absolute Gasteiger partial charge is 0.255 e. The molecule has 0 aliphatic carbocycles. The number of rotatable bonds is 5. The van der Waals surface area contributed by atoms with Crippen molar-refractivity contribution in [3.63, 3.8) is 0 Å². The van der Waals surface area contributed by atoms with Gasteiger partial charge >= 0.3 is 0 Å². The number of aryl methyl sites for hydroxylation is 1. The van der Waals surface area contributed by atoms with Crippen molar-refractivity contribution in [3.05, 3.63) is 59.5 Å². The molecule has 0 aliphatic heterocycles. The number of aliphatic hydroxyl groups is 1. The van der Waals surface area contributed by atoms with E-state index in [2.05, 4.69) is 5.32 Å². The van der Waals surface area contributed by atoms with Crippen molar-refractivity contribution in [3.8, 4) is 0 Å². The lowest BCUT2D eigenvalue weighted by Gasteiger charge is -2.16. The molecule has 0 bridgehead atoms. The molecule has 2 rings (SSSR count). The van der Waals surface area contributed by atoms with E-state index in [1.54, 1.807) is 13.0 Å². The Kier molecular flexibility index (Phi) is 4.36. The summed E-state index contributed by atoms with van der Waals surface area (Å²) in [6.07, 6.45) is 2.08. The van der Waals surface area contributed by atoms with Gasteiger partial charge < -0.3 is 14.8 Å². The second-order valence-corrected chi connectivity index (χ2v) is 4.43. The lowest BCUT2D eigenvalue weighted by molar-refractivity contribution is 0.0915. The average molecular weight is 259 g/mol. The summed E-state index contributed by atoms with van der Waals surface area (Å²) < 4.78 is 5.10. The Morgan fingerprint density at radius 1 is 1.32 bits per heavy atom. The zero-order valence-electron chi connectivity index (χ0n) is 10.8. The van der Waals surface area contributed by atoms with Crippen molar-refractivity contribution >= 4 is 5.91 Å². The van der Waals surface area contributed by atoms with Gasteiger partial charge in [-0.05, 0) is 25.0 Å². The Labute approximate surface area is 112 Å². The molecular formula is C15H17NO3. The molecule has 0 spiro atoms. The first-order valence-electron chi connectivity index (χ1n) is 6.20. The maximum absolute atomic E-state index is 12.0. The Morgan fingerprint density at radius 2 is 2.05 bits per heavy atom. The normalized spacial score (nSPS) is 12.1. The van der Waals surface area contributed by atoms with Gasteiger partial charge in [0.25, 0.3) is 5.91 Å². The maximum Gasteiger partial charge on any atom is 0.255 e. The lowest BCUT2D eigenvalue weighted by Crippen LogP contribution is -2.39. The van der Waals surface area contributed by atoms with E-state index in [1.807, 2.05) is 30.3 Å². The molecule has 2 aromatic rings. The third kappa shape index (κ3) is 3.45. The van der Waals surface area contributed by atoms with Gasteiger partial charge in [-0.2, -0.15) is 0 Å². The van der Waals surface area contributed by atoms with Crippen LogP contribution in [-0.4, -0.2) is 23.7 Å². The van der Waals surface area contributed by atoms with Crippen LogP contribution in [0.5, 0.6) is 0 Å². The van der Waals surface area contributed by atoms with E-state index in [1.165, 1.54) is 6.26 Å². The van der Waals surface area contributed by atoms with Crippen LogP contribution < -0.4 is 5.32 Å². The lowest BCUT2D eigenvalue weighted by atomic mass is 10.1. The molecule has 2 N–H and O–H groups in total. The molecule has 1 aromatic heterocycles. The molecule has 1 heterocycles. The SMILES string of the molecule is Cc1occc1C(=O)N[C@H](CO)Cc1ccccc1. The second-order valence-electron chi connectivity index (χ2n) is 4.43. The zero-order valence-corrected chi connectivity index (χ0v) is 10.8. The number of furan rings is 1. The number of amides is 1. The Morgan fingerprint density at radius 3 is 2.63 bits per heavy atom. The van der Waals surface area contributed by atoms with Gasteiger partial charge in [-0.25, -0.2) is 0 Å². The first kappa shape index (κ1) is 13.4. The highest BCUT2D eigenvalue weighted by molar-refractivity contribution is 5.95. The van der Waals surface area contributed by atoms with Gasteiger partial charge in [-0.15, -0.1) is 0 Å². The van der Waals surface area contributed by atoms with Crippen LogP contribution in [0.4, 0.5) is 0 Å². The highest BCUT2D eigenvalue weighted by Crippen LogP contribution is 2.09. The number of aliphatic hydroxyl groups excluding tert-OH is 1. The van der Waals surface area contributed by atoms with Gasteiger partial charge in [0.1, 0.15) is 5.76 Å². The first-order valence-corrected chi connectivity index (χ1v) is 6.20. The molecule has 1 atom stereocenters. The number of benzene rings is 1. The Hall–Kier alpha value is -2.07. The summed E-state index contributed by atoms with van der Waals surface area (Å²) in [6.45, 7) is 1.64. The predicted octanol–water partition coefficient (Wildman–Crippen LogP) is 1.92. The van der Waals surface area contributed by atoms with E-state index in [-0.39, 0.29) is 18.6 Å². The van der Waals surface area contributed by atoms with Crippen molar-refractivity contribution in [2.24, 2.45) is 0 Å². The number of hydrogen-bond donors (Lipinski definition) is 2. The standard InChI is InChI=1S/C15H17NO3/c1-11-14(7-8-19-11)15(18)16-13(10-17)9-12-5-3-2-4-6-12/h2-8,13,17H,9-10H2,1H3,(H,16,18)/t13-/m0/s1. The molecule has 0 saturated carbocycles. The fourth-order valence-corrected chi connectivity index (χ4v) is 1.94. The summed E-state index contributed by atoms with van der Waals surface area (Å²) in [4.78, 5) is 12.0. The third-order valence-electron chi connectivity index (χ3n) is 2.98. The van der Waals surface area contributed by atoms with E-state index < -0.39 is 0 Å². The summed E-state index contributed by atoms with van der Waals surface area (Å²) in [5.41, 5.74) is 1.58. The van der Waals surface area contributed by atoms with Crippen molar-refractivity contribution in [2.45, 2.75) is 19.4 Å². The number of hydrogen-bond acceptors (Lipinski definition) is 3. The molecule has 0 aliphatic rings. The summed E-state index contributed by atoms with van der Waals surface area (Å²) >= 11 is 0. The summed E-state index contributed by atoms with van der Waals surface area (Å²) in [5.74, 6) is 0.357. The molecule has 4 nitrogen and oxygen atoms in total. The van der Waals surface area contributed by atoms with Crippen LogP contribution in [0.3, 0.4) is 0 Å². The van der Waals surface area contributed by atoms with Gasteiger partial charge in [-0.1, -0.05) is 30.3 Å². The van der Waals surface area contributed by atoms with Crippen LogP contribution in [0, 0.1) is 6.92 Å². The highest BCUT2D eigenvalue weighted by Gasteiger charge is 2.16. The van der Waals surface area contributed by atoms with E-state index in [9.17, 15) is 9.90 Å². The van der Waals surface area contributed by atoms with E-state index in [4.69, 9.17) is 4.42 Å². The van der Waals surface area contributed by atoms with Crippen molar-refractivity contribution in [2.75, 3.05) is 6.61 Å². The van der Waals surface area contributed by atoms with Crippen LogP contribution in [0.1, 0.15) is 21.7 Å². The minimum Gasteiger partial charge on any atom is -0.469 e. The topological polar surface area (TPSA) is 62.5 Å². The van der Waals surface area contributed by atoms with Crippen LogP contribution >= 0.6 is 0 Å². The highest BCUT2D eigenvalue weighted by atomic mass is 16.3. The van der Waals surface area contributed by atoms with Crippen LogP contribution in [-0.2, 0) is 6.42 Å². The Balaban J connectivity index is 2.00. The molecule has 19 heavy (non-hydrogen) atoms. The summed E-state index contributed by atoms with van der Waals surface area (Å²) in [5, 5.41) is 12.2. The summed E-state index contributed by atoms with van der Waals surface area (Å²) in [7, 11) is 0. The molecule has 4 heteroatoms. The van der Waals surface area contributed by atoms with Crippen molar-refractivity contribution in [1.29, 1.82) is 0 Å². The quantitative estimate of drug-likeness (QED) is 0.862. The largest absolute Gasteiger partial charge is 0.469 e. The molecule has 100 valence electrons. The maximum atomic E-state index is 12.0. The number of carbonyl (C=O) groups excluding carboxylic acids is 1. The molecule has 0 saturated heterocycles. The van der Waals surface area contributed by atoms with Gasteiger partial charge in [-0.3, -0.25) is 4.79 Å². The van der Waals surface area contributed by atoms with E-state index >= 15 is 0 Å². The molecule has 1 amide bonds. The van der Waals surface area contributed by atoms with Gasteiger partial charge in [0.15, 0.2) is 0 Å². The minimum atomic E-state index is -0.302. The van der Waals surface area contributed by atoms with Gasteiger partial charge in [0.2, 0.25) is 0 Å². The van der Waals surface area contributed by atoms with Crippen LogP contribution in [0.2, 0.25) is 0 Å². The van der Waals surface area contributed by atoms with E-state index in [0.29, 0.717) is 17.7 Å². The Bertz CT molecular complexity index is 533. The second kappa shape index (κ2) is 6.20. The zero-order chi connectivity index (χ0) is 13.7. The fourth-order valence-electron chi connectivity index (χ4n) is 1.94. The fraction of sp³-hybridized carbons (Fsp3) is 0.267. The van der Waals surface area contributed by atoms with Crippen molar-refractivity contribution in [1.82, 2.24) is 5.32 Å². The van der Waals surface area contributed by atoms with Crippen LogP contribution in [0.15, 0.2) is 47.1 Å². The van der Waals surface area contributed by atoms with E-state index in [0.717, 1.165) is 5.56 Å². The predicted molar refractivity (Wildman–Crippen MR) is 71.9 cm³/mol. The summed E-state index contributed by atoms with van der Waals surface area (Å²) in [6, 6.07) is 11.1. The first-order chi connectivity index (χ1) is 9.20.